The average Bonchev–Trinajstić information content (AvgIpc) is 2.23. The number of carbonyl (C=O) groups excluding carboxylic acids is 1. The number of carbonyl (C=O) groups is 1. The summed E-state index contributed by atoms with van der Waals surface area (Å²) >= 11 is 0. The molecule has 0 amide bonds. The maximum atomic E-state index is 11.5. The Morgan fingerprint density at radius 2 is 1.71 bits per heavy atom. The highest BCUT2D eigenvalue weighted by Gasteiger charge is 2.15. The molecule has 0 N–H and O–H groups in total. The Balaban J connectivity index is 2.21. The van der Waals surface area contributed by atoms with E-state index in [-0.39, 0.29) is 5.78 Å². The van der Waals surface area contributed by atoms with Crippen molar-refractivity contribution in [2.45, 2.75) is 25.7 Å². The van der Waals surface area contributed by atoms with Crippen molar-refractivity contribution in [3.8, 4) is 0 Å². The van der Waals surface area contributed by atoms with Crippen LogP contribution in [0.4, 0.5) is 5.69 Å². The second kappa shape index (κ2) is 4.18. The van der Waals surface area contributed by atoms with Gasteiger partial charge in [0.05, 0.1) is 11.4 Å². The van der Waals surface area contributed by atoms with Gasteiger partial charge in [-0.1, -0.05) is 18.2 Å². The van der Waals surface area contributed by atoms with Crippen molar-refractivity contribution in [3.05, 3.63) is 30.3 Å². The fourth-order valence-electron chi connectivity index (χ4n) is 1.64. The fraction of sp³-hybridized carbons (Fsp3) is 0.333. The van der Waals surface area contributed by atoms with Gasteiger partial charge in [-0.05, 0) is 31.4 Å². The van der Waals surface area contributed by atoms with Crippen molar-refractivity contribution < 1.29 is 4.79 Å². The molecule has 0 aromatic heterocycles. The molecule has 0 bridgehead atoms. The number of benzene rings is 1. The first-order valence-corrected chi connectivity index (χ1v) is 5.02. The zero-order valence-electron chi connectivity index (χ0n) is 8.07. The molecule has 1 aliphatic rings. The molecule has 1 aliphatic carbocycles. The number of nitrogens with zero attached hydrogens (tertiary/aromatic N) is 1. The summed E-state index contributed by atoms with van der Waals surface area (Å²) in [6, 6.07) is 9.68. The number of rotatable bonds is 1. The summed E-state index contributed by atoms with van der Waals surface area (Å²) in [5, 5.41) is 0. The van der Waals surface area contributed by atoms with Gasteiger partial charge in [-0.2, -0.15) is 0 Å². The molecule has 1 aromatic carbocycles. The molecule has 2 rings (SSSR count). The van der Waals surface area contributed by atoms with E-state index in [4.69, 9.17) is 0 Å². The number of hydrogen-bond donors (Lipinski definition) is 0. The molecule has 0 saturated heterocycles. The van der Waals surface area contributed by atoms with Crippen LogP contribution in [-0.2, 0) is 4.79 Å². The zero-order valence-corrected chi connectivity index (χ0v) is 8.07. The summed E-state index contributed by atoms with van der Waals surface area (Å²) in [6.07, 6.45) is 3.63. The van der Waals surface area contributed by atoms with Gasteiger partial charge in [-0.25, -0.2) is 4.99 Å². The van der Waals surface area contributed by atoms with E-state index in [0.29, 0.717) is 6.42 Å². The molecule has 1 saturated carbocycles. The van der Waals surface area contributed by atoms with Gasteiger partial charge in [0.25, 0.3) is 0 Å². The van der Waals surface area contributed by atoms with Crippen LogP contribution in [0.25, 0.3) is 0 Å². The Hall–Kier alpha value is -1.44. The number of aliphatic imine (C=N–C) groups is 1. The molecule has 1 fully saturated rings. The first kappa shape index (κ1) is 9.13. The smallest absolute Gasteiger partial charge is 0.177 e. The third-order valence-electron chi connectivity index (χ3n) is 2.41. The normalized spacial score (nSPS) is 20.0. The molecule has 2 heteroatoms. The summed E-state index contributed by atoms with van der Waals surface area (Å²) in [6.45, 7) is 0. The van der Waals surface area contributed by atoms with E-state index in [1.165, 1.54) is 0 Å². The van der Waals surface area contributed by atoms with E-state index in [1.807, 2.05) is 30.3 Å². The molecule has 0 aliphatic heterocycles. The van der Waals surface area contributed by atoms with Crippen LogP contribution in [-0.4, -0.2) is 11.5 Å². The van der Waals surface area contributed by atoms with Crippen LogP contribution in [0.5, 0.6) is 0 Å². The van der Waals surface area contributed by atoms with Crippen molar-refractivity contribution >= 4 is 17.2 Å². The van der Waals surface area contributed by atoms with Crippen LogP contribution in [0.1, 0.15) is 25.7 Å². The maximum absolute atomic E-state index is 11.5. The molecular formula is C12H13NO. The zero-order chi connectivity index (χ0) is 9.80. The van der Waals surface area contributed by atoms with Gasteiger partial charge in [0.1, 0.15) is 0 Å². The topological polar surface area (TPSA) is 29.4 Å². The fourth-order valence-corrected chi connectivity index (χ4v) is 1.64. The summed E-state index contributed by atoms with van der Waals surface area (Å²) in [5.74, 6) is 0.222. The van der Waals surface area contributed by atoms with Gasteiger partial charge in [0, 0.05) is 6.42 Å². The van der Waals surface area contributed by atoms with Gasteiger partial charge < -0.3 is 0 Å². The Labute approximate surface area is 83.7 Å². The molecule has 0 unspecified atom stereocenters. The van der Waals surface area contributed by atoms with Crippen molar-refractivity contribution in [2.24, 2.45) is 4.99 Å². The summed E-state index contributed by atoms with van der Waals surface area (Å²) < 4.78 is 0. The minimum atomic E-state index is 0.222. The predicted octanol–water partition coefficient (Wildman–Crippen LogP) is 2.90. The molecule has 0 atom stereocenters. The number of Topliss-reactive ketones (excluding diaryl/α,β-unsaturated/α-hetero) is 1. The number of para-hydroxylation sites is 1. The first-order chi connectivity index (χ1) is 6.86. The number of hydrogen-bond acceptors (Lipinski definition) is 2. The highest BCUT2D eigenvalue weighted by molar-refractivity contribution is 6.40. The van der Waals surface area contributed by atoms with Crippen molar-refractivity contribution in [1.29, 1.82) is 0 Å². The lowest BCUT2D eigenvalue weighted by Gasteiger charge is -2.10. The highest BCUT2D eigenvalue weighted by atomic mass is 16.1. The van der Waals surface area contributed by atoms with Gasteiger partial charge >= 0.3 is 0 Å². The highest BCUT2D eigenvalue weighted by Crippen LogP contribution is 2.17. The quantitative estimate of drug-likeness (QED) is 0.664. The van der Waals surface area contributed by atoms with Crippen LogP contribution < -0.4 is 0 Å². The Bertz CT molecular complexity index is 354. The summed E-state index contributed by atoms with van der Waals surface area (Å²) in [7, 11) is 0. The van der Waals surface area contributed by atoms with E-state index >= 15 is 0 Å². The van der Waals surface area contributed by atoms with E-state index in [1.54, 1.807) is 0 Å². The van der Waals surface area contributed by atoms with Gasteiger partial charge in [0.15, 0.2) is 5.78 Å². The van der Waals surface area contributed by atoms with E-state index in [0.717, 1.165) is 30.7 Å². The largest absolute Gasteiger partial charge is 0.293 e. The van der Waals surface area contributed by atoms with Crippen LogP contribution in [0.3, 0.4) is 0 Å². The number of ketones is 1. The van der Waals surface area contributed by atoms with Crippen LogP contribution in [0.15, 0.2) is 35.3 Å². The van der Waals surface area contributed by atoms with Crippen molar-refractivity contribution in [1.82, 2.24) is 0 Å². The molecule has 2 nitrogen and oxygen atoms in total. The van der Waals surface area contributed by atoms with Crippen LogP contribution in [0, 0.1) is 0 Å². The summed E-state index contributed by atoms with van der Waals surface area (Å²) in [5.41, 5.74) is 1.64. The predicted molar refractivity (Wildman–Crippen MR) is 57.0 cm³/mol. The molecule has 0 heterocycles. The van der Waals surface area contributed by atoms with E-state index < -0.39 is 0 Å². The van der Waals surface area contributed by atoms with E-state index in [9.17, 15) is 4.79 Å². The minimum absolute atomic E-state index is 0.222. The third kappa shape index (κ3) is 2.08. The van der Waals surface area contributed by atoms with Gasteiger partial charge in [0.2, 0.25) is 0 Å². The van der Waals surface area contributed by atoms with Crippen molar-refractivity contribution in [2.75, 3.05) is 0 Å². The van der Waals surface area contributed by atoms with Crippen LogP contribution >= 0.6 is 0 Å². The van der Waals surface area contributed by atoms with Crippen LogP contribution in [0.2, 0.25) is 0 Å². The third-order valence-corrected chi connectivity index (χ3v) is 2.41. The van der Waals surface area contributed by atoms with E-state index in [2.05, 4.69) is 4.99 Å². The van der Waals surface area contributed by atoms with Crippen molar-refractivity contribution in [3.63, 3.8) is 0 Å². The lowest BCUT2D eigenvalue weighted by atomic mass is 9.97. The summed E-state index contributed by atoms with van der Waals surface area (Å²) in [4.78, 5) is 15.8. The van der Waals surface area contributed by atoms with Gasteiger partial charge in [-0.15, -0.1) is 0 Å². The SMILES string of the molecule is O=C1CCCC/C1=N/c1ccccc1. The Kier molecular flexibility index (Phi) is 2.73. The molecule has 1 aromatic rings. The second-order valence-corrected chi connectivity index (χ2v) is 3.52. The molecule has 0 spiro atoms. The standard InChI is InChI=1S/C12H13NO/c14-12-9-5-4-8-11(12)13-10-6-2-1-3-7-10/h1-3,6-7H,4-5,8-9H2/b13-11-. The van der Waals surface area contributed by atoms with Gasteiger partial charge in [-0.3, -0.25) is 4.79 Å². The second-order valence-electron chi connectivity index (χ2n) is 3.52. The Morgan fingerprint density at radius 3 is 2.43 bits per heavy atom. The molecule has 14 heavy (non-hydrogen) atoms. The molecule has 0 radical (unpaired) electrons. The lowest BCUT2D eigenvalue weighted by molar-refractivity contribution is -0.113. The monoisotopic (exact) mass is 187 g/mol. The lowest BCUT2D eigenvalue weighted by Crippen LogP contribution is -2.18. The minimum Gasteiger partial charge on any atom is -0.293 e. The molecular weight excluding hydrogens is 174 g/mol. The Morgan fingerprint density at radius 1 is 1.00 bits per heavy atom. The maximum Gasteiger partial charge on any atom is 0.177 e. The molecule has 72 valence electrons. The average molecular weight is 187 g/mol. The first-order valence-electron chi connectivity index (χ1n) is 5.02.